The summed E-state index contributed by atoms with van der Waals surface area (Å²) in [4.78, 5) is 6.86. The van der Waals surface area contributed by atoms with Gasteiger partial charge in [-0.1, -0.05) is 32.1 Å². The zero-order valence-electron chi connectivity index (χ0n) is 11.8. The van der Waals surface area contributed by atoms with Gasteiger partial charge in [-0.2, -0.15) is 0 Å². The predicted octanol–water partition coefficient (Wildman–Crippen LogP) is 3.23. The molecule has 0 spiro atoms. The third-order valence-electron chi connectivity index (χ3n) is 4.45. The molecule has 2 aliphatic rings. The number of nitrogens with two attached hydrogens (primary N) is 1. The molecule has 2 saturated carbocycles. The first kappa shape index (κ1) is 16.1. The summed E-state index contributed by atoms with van der Waals surface area (Å²) in [6, 6.07) is 0.540. The van der Waals surface area contributed by atoms with Crippen molar-refractivity contribution in [2.24, 2.45) is 22.6 Å². The molecule has 0 aromatic carbocycles. The van der Waals surface area contributed by atoms with Crippen LogP contribution in [-0.2, 0) is 0 Å². The van der Waals surface area contributed by atoms with Gasteiger partial charge in [0, 0.05) is 13.1 Å². The molecule has 0 aromatic heterocycles. The molecule has 0 aromatic rings. The van der Waals surface area contributed by atoms with E-state index >= 15 is 0 Å². The van der Waals surface area contributed by atoms with Gasteiger partial charge in [0.25, 0.3) is 0 Å². The van der Waals surface area contributed by atoms with Crippen LogP contribution in [0.3, 0.4) is 0 Å². The van der Waals surface area contributed by atoms with E-state index in [0.717, 1.165) is 30.9 Å². The lowest BCUT2D eigenvalue weighted by Crippen LogP contribution is -2.37. The van der Waals surface area contributed by atoms with Crippen molar-refractivity contribution in [2.75, 3.05) is 13.1 Å². The van der Waals surface area contributed by atoms with Crippen molar-refractivity contribution in [3.8, 4) is 0 Å². The van der Waals surface area contributed by atoms with Crippen LogP contribution >= 0.6 is 24.0 Å². The van der Waals surface area contributed by atoms with Gasteiger partial charge in [0.15, 0.2) is 5.96 Å². The summed E-state index contributed by atoms with van der Waals surface area (Å²) >= 11 is 0. The topological polar surface area (TPSA) is 41.6 Å². The molecular weight excluding hydrogens is 337 g/mol. The monoisotopic (exact) mass is 365 g/mol. The molecule has 0 heterocycles. The smallest absolute Gasteiger partial charge is 0.191 e. The summed E-state index contributed by atoms with van der Waals surface area (Å²) < 4.78 is 0. The Bertz CT molecular complexity index is 270. The SMILES string of the molecule is CCN(CC)C(N)=NC1CC1C1CCCCC1.I. The van der Waals surface area contributed by atoms with Crippen LogP contribution in [0, 0.1) is 11.8 Å². The van der Waals surface area contributed by atoms with Crippen LogP contribution in [0.1, 0.15) is 52.4 Å². The third kappa shape index (κ3) is 4.00. The Labute approximate surface area is 129 Å². The molecule has 0 aliphatic heterocycles. The summed E-state index contributed by atoms with van der Waals surface area (Å²) in [5, 5.41) is 0. The number of aliphatic imine (C=N–C) groups is 1. The van der Waals surface area contributed by atoms with Gasteiger partial charge in [-0.15, -0.1) is 24.0 Å². The highest BCUT2D eigenvalue weighted by Gasteiger charge is 2.43. The molecule has 4 heteroatoms. The maximum absolute atomic E-state index is 6.05. The van der Waals surface area contributed by atoms with E-state index in [2.05, 4.69) is 18.7 Å². The van der Waals surface area contributed by atoms with Crippen molar-refractivity contribution in [3.05, 3.63) is 0 Å². The van der Waals surface area contributed by atoms with Gasteiger partial charge in [-0.25, -0.2) is 4.99 Å². The van der Waals surface area contributed by atoms with E-state index in [1.807, 2.05) is 0 Å². The van der Waals surface area contributed by atoms with E-state index in [4.69, 9.17) is 10.7 Å². The minimum atomic E-state index is 0. The zero-order chi connectivity index (χ0) is 12.3. The molecule has 106 valence electrons. The Kier molecular flexibility index (Phi) is 6.74. The fourth-order valence-electron chi connectivity index (χ4n) is 3.22. The third-order valence-corrected chi connectivity index (χ3v) is 4.45. The fraction of sp³-hybridized carbons (Fsp3) is 0.929. The average Bonchev–Trinajstić information content (AvgIpc) is 3.11. The van der Waals surface area contributed by atoms with Crippen molar-refractivity contribution in [3.63, 3.8) is 0 Å². The molecule has 2 N–H and O–H groups in total. The molecule has 2 rings (SSSR count). The largest absolute Gasteiger partial charge is 0.370 e. The summed E-state index contributed by atoms with van der Waals surface area (Å²) in [6.07, 6.45) is 8.46. The number of halogens is 1. The highest BCUT2D eigenvalue weighted by atomic mass is 127. The molecule has 3 nitrogen and oxygen atoms in total. The van der Waals surface area contributed by atoms with Crippen molar-refractivity contribution >= 4 is 29.9 Å². The minimum Gasteiger partial charge on any atom is -0.370 e. The molecule has 0 saturated heterocycles. The summed E-state index contributed by atoms with van der Waals surface area (Å²) in [5.41, 5.74) is 6.05. The maximum Gasteiger partial charge on any atom is 0.191 e. The number of hydrogen-bond acceptors (Lipinski definition) is 1. The van der Waals surface area contributed by atoms with Gasteiger partial charge in [-0.3, -0.25) is 0 Å². The molecular formula is C14H28IN3. The molecule has 18 heavy (non-hydrogen) atoms. The van der Waals surface area contributed by atoms with Crippen molar-refractivity contribution in [1.29, 1.82) is 0 Å². The standard InChI is InChI=1S/C14H27N3.HI/c1-3-17(4-2)14(15)16-13-10-12(13)11-8-6-5-7-9-11;/h11-13H,3-10H2,1-2H3,(H2,15,16);1H. The van der Waals surface area contributed by atoms with Gasteiger partial charge >= 0.3 is 0 Å². The van der Waals surface area contributed by atoms with E-state index < -0.39 is 0 Å². The van der Waals surface area contributed by atoms with Gasteiger partial charge in [0.2, 0.25) is 0 Å². The molecule has 0 radical (unpaired) electrons. The Morgan fingerprint density at radius 1 is 1.17 bits per heavy atom. The highest BCUT2D eigenvalue weighted by Crippen LogP contribution is 2.46. The van der Waals surface area contributed by atoms with E-state index in [1.165, 1.54) is 38.5 Å². The lowest BCUT2D eigenvalue weighted by atomic mass is 9.85. The number of nitrogens with zero attached hydrogens (tertiary/aromatic N) is 2. The summed E-state index contributed by atoms with van der Waals surface area (Å²) in [7, 11) is 0. The second kappa shape index (κ2) is 7.56. The second-order valence-corrected chi connectivity index (χ2v) is 5.52. The van der Waals surface area contributed by atoms with Crippen LogP contribution in [0.15, 0.2) is 4.99 Å². The summed E-state index contributed by atoms with van der Waals surface area (Å²) in [6.45, 7) is 6.20. The van der Waals surface area contributed by atoms with Gasteiger partial charge in [-0.05, 0) is 32.1 Å². The highest BCUT2D eigenvalue weighted by molar-refractivity contribution is 14.0. The molecule has 2 aliphatic carbocycles. The van der Waals surface area contributed by atoms with Crippen molar-refractivity contribution < 1.29 is 0 Å². The first-order valence-electron chi connectivity index (χ1n) is 7.34. The average molecular weight is 365 g/mol. The zero-order valence-corrected chi connectivity index (χ0v) is 14.1. The lowest BCUT2D eigenvalue weighted by Gasteiger charge is -2.22. The van der Waals surface area contributed by atoms with Gasteiger partial charge in [0.05, 0.1) is 6.04 Å². The van der Waals surface area contributed by atoms with Crippen molar-refractivity contribution in [2.45, 2.75) is 58.4 Å². The molecule has 2 unspecified atom stereocenters. The number of rotatable bonds is 4. The normalized spacial score (nSPS) is 28.7. The second-order valence-electron chi connectivity index (χ2n) is 5.52. The Hall–Kier alpha value is 0. The van der Waals surface area contributed by atoms with E-state index in [9.17, 15) is 0 Å². The van der Waals surface area contributed by atoms with E-state index in [1.54, 1.807) is 0 Å². The van der Waals surface area contributed by atoms with Crippen molar-refractivity contribution in [1.82, 2.24) is 4.90 Å². The molecule has 0 amide bonds. The van der Waals surface area contributed by atoms with Crippen LogP contribution in [0.4, 0.5) is 0 Å². The van der Waals surface area contributed by atoms with E-state index in [0.29, 0.717) is 6.04 Å². The van der Waals surface area contributed by atoms with Gasteiger partial charge < -0.3 is 10.6 Å². The minimum absolute atomic E-state index is 0. The first-order valence-corrected chi connectivity index (χ1v) is 7.34. The van der Waals surface area contributed by atoms with Gasteiger partial charge in [0.1, 0.15) is 0 Å². The molecule has 2 atom stereocenters. The van der Waals surface area contributed by atoms with E-state index in [-0.39, 0.29) is 24.0 Å². The first-order chi connectivity index (χ1) is 8.26. The number of guanidine groups is 1. The van der Waals surface area contributed by atoms with Crippen LogP contribution in [0.25, 0.3) is 0 Å². The Morgan fingerprint density at radius 3 is 2.33 bits per heavy atom. The van der Waals surface area contributed by atoms with Crippen LogP contribution in [0.5, 0.6) is 0 Å². The summed E-state index contributed by atoms with van der Waals surface area (Å²) in [5.74, 6) is 2.56. The molecule has 0 bridgehead atoms. The lowest BCUT2D eigenvalue weighted by molar-refractivity contribution is 0.318. The van der Waals surface area contributed by atoms with Crippen LogP contribution in [0.2, 0.25) is 0 Å². The predicted molar refractivity (Wildman–Crippen MR) is 88.4 cm³/mol. The Morgan fingerprint density at radius 2 is 1.78 bits per heavy atom. The quantitative estimate of drug-likeness (QED) is 0.472. The Balaban J connectivity index is 0.00000162. The maximum atomic E-state index is 6.05. The van der Waals surface area contributed by atoms with Crippen LogP contribution in [-0.4, -0.2) is 30.0 Å². The van der Waals surface area contributed by atoms with Crippen LogP contribution < -0.4 is 5.73 Å². The number of hydrogen-bond donors (Lipinski definition) is 1. The molecule has 2 fully saturated rings. The fourth-order valence-corrected chi connectivity index (χ4v) is 3.22.